The number of benzene rings is 1. The molecule has 3 aliphatic rings. The first-order valence-corrected chi connectivity index (χ1v) is 13.8. The van der Waals surface area contributed by atoms with Crippen molar-refractivity contribution in [1.82, 2.24) is 14.1 Å². The molecular formula is C25H35N3O5S. The zero-order valence-electron chi connectivity index (χ0n) is 19.7. The largest absolute Gasteiger partial charge is 0.379 e. The van der Waals surface area contributed by atoms with Crippen molar-refractivity contribution in [3.63, 3.8) is 0 Å². The Morgan fingerprint density at radius 2 is 1.44 bits per heavy atom. The van der Waals surface area contributed by atoms with E-state index >= 15 is 0 Å². The van der Waals surface area contributed by atoms with Gasteiger partial charge < -0.3 is 14.5 Å². The number of amides is 2. The number of rotatable bonds is 5. The van der Waals surface area contributed by atoms with E-state index in [0.29, 0.717) is 52.2 Å². The summed E-state index contributed by atoms with van der Waals surface area (Å²) >= 11 is 0. The first-order chi connectivity index (χ1) is 16.4. The molecule has 0 radical (unpaired) electrons. The molecule has 0 atom stereocenters. The topological polar surface area (TPSA) is 87.2 Å². The van der Waals surface area contributed by atoms with E-state index in [2.05, 4.69) is 0 Å². The molecular weight excluding hydrogens is 454 g/mol. The number of hydrogen-bond donors (Lipinski definition) is 0. The molecule has 1 aromatic rings. The van der Waals surface area contributed by atoms with Crippen LogP contribution in [-0.4, -0.2) is 86.8 Å². The van der Waals surface area contributed by atoms with E-state index < -0.39 is 10.0 Å². The highest BCUT2D eigenvalue weighted by Gasteiger charge is 2.30. The summed E-state index contributed by atoms with van der Waals surface area (Å²) in [6, 6.07) is 6.58. The second kappa shape index (κ2) is 11.5. The lowest BCUT2D eigenvalue weighted by Gasteiger charge is -2.33. The van der Waals surface area contributed by atoms with Gasteiger partial charge in [-0.25, -0.2) is 8.42 Å². The summed E-state index contributed by atoms with van der Waals surface area (Å²) in [5.74, 6) is 0.203. The van der Waals surface area contributed by atoms with E-state index in [9.17, 15) is 18.0 Å². The van der Waals surface area contributed by atoms with Gasteiger partial charge in [-0.1, -0.05) is 25.0 Å². The third kappa shape index (κ3) is 6.06. The van der Waals surface area contributed by atoms with E-state index in [-0.39, 0.29) is 22.6 Å². The van der Waals surface area contributed by atoms with E-state index in [1.807, 2.05) is 4.90 Å². The zero-order valence-corrected chi connectivity index (χ0v) is 20.5. The van der Waals surface area contributed by atoms with Gasteiger partial charge in [0.1, 0.15) is 0 Å². The van der Waals surface area contributed by atoms with Crippen molar-refractivity contribution in [3.8, 4) is 0 Å². The van der Waals surface area contributed by atoms with Crippen LogP contribution in [0, 0.1) is 5.92 Å². The monoisotopic (exact) mass is 489 g/mol. The minimum atomic E-state index is -3.53. The van der Waals surface area contributed by atoms with Crippen molar-refractivity contribution >= 4 is 27.9 Å². The molecule has 0 saturated carbocycles. The van der Waals surface area contributed by atoms with Crippen LogP contribution in [0.15, 0.2) is 35.2 Å². The number of morpholine rings is 1. The van der Waals surface area contributed by atoms with Crippen LogP contribution in [0.3, 0.4) is 0 Å². The van der Waals surface area contributed by atoms with Gasteiger partial charge in [-0.3, -0.25) is 9.59 Å². The molecule has 8 nitrogen and oxygen atoms in total. The van der Waals surface area contributed by atoms with E-state index in [1.54, 1.807) is 35.2 Å². The third-order valence-corrected chi connectivity index (χ3v) is 8.89. The highest BCUT2D eigenvalue weighted by atomic mass is 32.2. The van der Waals surface area contributed by atoms with Crippen LogP contribution in [0.1, 0.15) is 44.1 Å². The van der Waals surface area contributed by atoms with Gasteiger partial charge in [0, 0.05) is 51.3 Å². The maximum absolute atomic E-state index is 12.8. The van der Waals surface area contributed by atoms with Crippen LogP contribution in [0.4, 0.5) is 0 Å². The molecule has 186 valence electrons. The van der Waals surface area contributed by atoms with Gasteiger partial charge in [0.2, 0.25) is 21.8 Å². The number of ether oxygens (including phenoxy) is 1. The quantitative estimate of drug-likeness (QED) is 0.593. The van der Waals surface area contributed by atoms with Crippen LogP contribution in [0.5, 0.6) is 0 Å². The zero-order chi connectivity index (χ0) is 24.0. The van der Waals surface area contributed by atoms with Crippen molar-refractivity contribution in [2.24, 2.45) is 5.92 Å². The van der Waals surface area contributed by atoms with Gasteiger partial charge in [-0.05, 0) is 49.5 Å². The van der Waals surface area contributed by atoms with Crippen LogP contribution >= 0.6 is 0 Å². The van der Waals surface area contributed by atoms with Crippen LogP contribution < -0.4 is 0 Å². The number of nitrogens with zero attached hydrogens (tertiary/aromatic N) is 3. The summed E-state index contributed by atoms with van der Waals surface area (Å²) in [7, 11) is -3.53. The molecule has 0 bridgehead atoms. The summed E-state index contributed by atoms with van der Waals surface area (Å²) in [4.78, 5) is 29.6. The molecule has 2 amide bonds. The van der Waals surface area contributed by atoms with Crippen molar-refractivity contribution in [2.45, 2.75) is 43.4 Å². The molecule has 3 heterocycles. The summed E-state index contributed by atoms with van der Waals surface area (Å²) in [6.45, 7) is 4.45. The van der Waals surface area contributed by atoms with Crippen molar-refractivity contribution in [2.75, 3.05) is 52.5 Å². The van der Waals surface area contributed by atoms with Gasteiger partial charge in [-0.15, -0.1) is 0 Å². The fourth-order valence-electron chi connectivity index (χ4n) is 4.86. The Labute approximate surface area is 202 Å². The Kier molecular flexibility index (Phi) is 8.39. The Balaban J connectivity index is 1.28. The fourth-order valence-corrected chi connectivity index (χ4v) is 6.26. The number of hydrogen-bond acceptors (Lipinski definition) is 5. The lowest BCUT2D eigenvalue weighted by molar-refractivity contribution is -0.139. The summed E-state index contributed by atoms with van der Waals surface area (Å²) in [6.07, 6.45) is 9.25. The minimum absolute atomic E-state index is 0.0205. The molecule has 34 heavy (non-hydrogen) atoms. The molecule has 3 fully saturated rings. The Hall–Kier alpha value is -2.23. The van der Waals surface area contributed by atoms with E-state index in [1.165, 1.54) is 23.2 Å². The number of sulfonamides is 1. The van der Waals surface area contributed by atoms with E-state index in [0.717, 1.165) is 31.5 Å². The molecule has 0 aliphatic carbocycles. The molecule has 0 unspecified atom stereocenters. The fraction of sp³-hybridized carbons (Fsp3) is 0.600. The standard InChI is InChI=1S/C25H35N3O5S/c29-24(26-15-11-22(12-16-26)25(30)27-13-3-1-2-4-14-27)10-7-21-5-8-23(9-6-21)34(31,32)28-17-19-33-20-18-28/h5-10,22H,1-4,11-20H2. The second-order valence-electron chi connectivity index (χ2n) is 9.26. The molecule has 4 rings (SSSR count). The van der Waals surface area contributed by atoms with Gasteiger partial charge >= 0.3 is 0 Å². The number of likely N-dealkylation sites (tertiary alicyclic amines) is 2. The SMILES string of the molecule is O=C(C=Cc1ccc(S(=O)(=O)N2CCOCC2)cc1)N1CCC(C(=O)N2CCCCCC2)CC1. The van der Waals surface area contributed by atoms with E-state index in [4.69, 9.17) is 4.74 Å². The number of carbonyl (C=O) groups excluding carboxylic acids is 2. The van der Waals surface area contributed by atoms with Gasteiger partial charge in [0.05, 0.1) is 18.1 Å². The van der Waals surface area contributed by atoms with Gasteiger partial charge in [0.15, 0.2) is 0 Å². The summed E-state index contributed by atoms with van der Waals surface area (Å²) in [5.41, 5.74) is 0.764. The Morgan fingerprint density at radius 3 is 2.06 bits per heavy atom. The highest BCUT2D eigenvalue weighted by molar-refractivity contribution is 7.89. The number of piperidine rings is 1. The lowest BCUT2D eigenvalue weighted by Crippen LogP contribution is -2.44. The molecule has 9 heteroatoms. The maximum atomic E-state index is 12.8. The average molecular weight is 490 g/mol. The van der Waals surface area contributed by atoms with Crippen molar-refractivity contribution in [3.05, 3.63) is 35.9 Å². The smallest absolute Gasteiger partial charge is 0.246 e. The predicted octanol–water partition coefficient (Wildman–Crippen LogP) is 2.36. The molecule has 3 saturated heterocycles. The van der Waals surface area contributed by atoms with Crippen molar-refractivity contribution < 1.29 is 22.7 Å². The highest BCUT2D eigenvalue weighted by Crippen LogP contribution is 2.22. The molecule has 1 aromatic carbocycles. The third-order valence-electron chi connectivity index (χ3n) is 6.98. The van der Waals surface area contributed by atoms with Gasteiger partial charge in [-0.2, -0.15) is 4.31 Å². The van der Waals surface area contributed by atoms with Crippen LogP contribution in [0.2, 0.25) is 0 Å². The maximum Gasteiger partial charge on any atom is 0.246 e. The molecule has 0 aromatic heterocycles. The van der Waals surface area contributed by atoms with Crippen LogP contribution in [0.25, 0.3) is 6.08 Å². The second-order valence-corrected chi connectivity index (χ2v) is 11.2. The molecule has 0 N–H and O–H groups in total. The van der Waals surface area contributed by atoms with Gasteiger partial charge in [0.25, 0.3) is 0 Å². The Bertz CT molecular complexity index is 970. The normalized spacial score (nSPS) is 21.5. The molecule has 3 aliphatic heterocycles. The van der Waals surface area contributed by atoms with Crippen molar-refractivity contribution in [1.29, 1.82) is 0 Å². The first kappa shape index (κ1) is 24.9. The Morgan fingerprint density at radius 1 is 0.824 bits per heavy atom. The summed E-state index contributed by atoms with van der Waals surface area (Å²) in [5, 5.41) is 0. The predicted molar refractivity (Wildman–Crippen MR) is 129 cm³/mol. The van der Waals surface area contributed by atoms with Crippen LogP contribution in [-0.2, 0) is 24.3 Å². The number of carbonyl (C=O) groups is 2. The average Bonchev–Trinajstić information content (AvgIpc) is 3.17. The lowest BCUT2D eigenvalue weighted by atomic mass is 9.95. The minimum Gasteiger partial charge on any atom is -0.379 e. The summed E-state index contributed by atoms with van der Waals surface area (Å²) < 4.78 is 32.1. The first-order valence-electron chi connectivity index (χ1n) is 12.4. The molecule has 0 spiro atoms.